The average Bonchev–Trinajstić information content (AvgIpc) is 3.31. The van der Waals surface area contributed by atoms with Gasteiger partial charge in [0, 0.05) is 19.3 Å². The Hall–Kier alpha value is -4.53. The summed E-state index contributed by atoms with van der Waals surface area (Å²) in [7, 11) is 3.27. The number of methoxy groups -OCH3 is 1. The van der Waals surface area contributed by atoms with E-state index in [9.17, 15) is 9.59 Å². The minimum Gasteiger partial charge on any atom is -0.493 e. The van der Waals surface area contributed by atoms with Crippen molar-refractivity contribution in [3.8, 4) is 11.5 Å². The molecule has 4 aromatic rings. The molecule has 9 nitrogen and oxygen atoms in total. The number of nitrogens with zero attached hydrogens (tertiary/aromatic N) is 4. The molecule has 9 heteroatoms. The number of esters is 1. The molecule has 2 aromatic carbocycles. The summed E-state index contributed by atoms with van der Waals surface area (Å²) in [5.41, 5.74) is 2.09. The molecule has 0 saturated carbocycles. The van der Waals surface area contributed by atoms with Crippen LogP contribution in [0, 0.1) is 5.92 Å². The molecule has 38 heavy (non-hydrogen) atoms. The first-order chi connectivity index (χ1) is 18.3. The number of benzene rings is 2. The predicted molar refractivity (Wildman–Crippen MR) is 142 cm³/mol. The zero-order valence-electron chi connectivity index (χ0n) is 22.1. The molecule has 0 spiro atoms. The van der Waals surface area contributed by atoms with Crippen LogP contribution in [0.4, 0.5) is 0 Å². The topological polar surface area (TPSA) is 108 Å². The molecule has 0 saturated heterocycles. The third kappa shape index (κ3) is 5.72. The molecular formula is C29H31N5O4. The number of hydrogen-bond acceptors (Lipinski definition) is 7. The standard InChI is InChI=1S/C29H31N5O4/c1-18(2)29(36)38-25-22(37-5)16-17-30-24(25)28(35)31-19(3)26-32-27(34(4)33-26)23(20-12-8-6-9-13-20)21-14-10-7-11-15-21/h6-19,23H,1-5H3,(H,31,35)/t19-/m0/s1. The summed E-state index contributed by atoms with van der Waals surface area (Å²) in [5.74, 6) is -0.190. The fourth-order valence-electron chi connectivity index (χ4n) is 4.03. The summed E-state index contributed by atoms with van der Waals surface area (Å²) in [5, 5.41) is 7.50. The molecule has 2 heterocycles. The number of carbonyl (C=O) groups excluding carboxylic acids is 2. The summed E-state index contributed by atoms with van der Waals surface area (Å²) in [4.78, 5) is 34.5. The molecule has 0 aliphatic heterocycles. The van der Waals surface area contributed by atoms with Crippen LogP contribution in [-0.2, 0) is 11.8 Å². The number of rotatable bonds is 9. The van der Waals surface area contributed by atoms with Crippen LogP contribution in [0.3, 0.4) is 0 Å². The van der Waals surface area contributed by atoms with E-state index in [4.69, 9.17) is 14.5 Å². The Morgan fingerprint density at radius 3 is 2.08 bits per heavy atom. The number of amides is 1. The smallest absolute Gasteiger partial charge is 0.313 e. The van der Waals surface area contributed by atoms with Crippen LogP contribution in [0.15, 0.2) is 72.9 Å². The second-order valence-corrected chi connectivity index (χ2v) is 9.17. The summed E-state index contributed by atoms with van der Waals surface area (Å²) >= 11 is 0. The number of carbonyl (C=O) groups is 2. The number of nitrogens with one attached hydrogen (secondary N) is 1. The quantitative estimate of drug-likeness (QED) is 0.329. The van der Waals surface area contributed by atoms with Gasteiger partial charge in [-0.05, 0) is 18.1 Å². The molecule has 0 aliphatic carbocycles. The average molecular weight is 514 g/mol. The van der Waals surface area contributed by atoms with E-state index >= 15 is 0 Å². The van der Waals surface area contributed by atoms with Crippen molar-refractivity contribution in [1.29, 1.82) is 0 Å². The fourth-order valence-corrected chi connectivity index (χ4v) is 4.03. The Labute approximate surface area is 221 Å². The molecule has 0 radical (unpaired) electrons. The zero-order valence-corrected chi connectivity index (χ0v) is 22.1. The van der Waals surface area contributed by atoms with Crippen molar-refractivity contribution in [3.05, 3.63) is 101 Å². The van der Waals surface area contributed by atoms with Crippen molar-refractivity contribution in [2.45, 2.75) is 32.7 Å². The van der Waals surface area contributed by atoms with Crippen LogP contribution in [0.5, 0.6) is 11.5 Å². The van der Waals surface area contributed by atoms with Gasteiger partial charge in [0.25, 0.3) is 5.91 Å². The van der Waals surface area contributed by atoms with Crippen LogP contribution in [0.25, 0.3) is 0 Å². The van der Waals surface area contributed by atoms with Crippen molar-refractivity contribution in [2.75, 3.05) is 7.11 Å². The minimum absolute atomic E-state index is 0.0266. The SMILES string of the molecule is COc1ccnc(C(=O)N[C@@H](C)c2nc(C(c3ccccc3)c3ccccc3)n(C)n2)c1OC(=O)C(C)C. The summed E-state index contributed by atoms with van der Waals surface area (Å²) in [6.45, 7) is 5.20. The molecule has 0 bridgehead atoms. The molecule has 0 unspecified atom stereocenters. The van der Waals surface area contributed by atoms with Gasteiger partial charge in [-0.3, -0.25) is 14.3 Å². The van der Waals surface area contributed by atoms with Crippen LogP contribution in [-0.4, -0.2) is 38.7 Å². The Bertz CT molecular complexity index is 1360. The predicted octanol–water partition coefficient (Wildman–Crippen LogP) is 4.45. The molecule has 1 atom stereocenters. The monoisotopic (exact) mass is 513 g/mol. The van der Waals surface area contributed by atoms with E-state index in [-0.39, 0.29) is 23.1 Å². The van der Waals surface area contributed by atoms with Crippen LogP contribution >= 0.6 is 0 Å². The first-order valence-electron chi connectivity index (χ1n) is 12.4. The van der Waals surface area contributed by atoms with Gasteiger partial charge in [0.1, 0.15) is 5.82 Å². The fraction of sp³-hybridized carbons (Fsp3) is 0.276. The summed E-state index contributed by atoms with van der Waals surface area (Å²) in [6, 6.07) is 21.2. The van der Waals surface area contributed by atoms with E-state index < -0.39 is 23.8 Å². The summed E-state index contributed by atoms with van der Waals surface area (Å²) in [6.07, 6.45) is 1.42. The van der Waals surface area contributed by atoms with Gasteiger partial charge in [-0.15, -0.1) is 0 Å². The molecule has 4 rings (SSSR count). The molecule has 0 fully saturated rings. The van der Waals surface area contributed by atoms with Crippen LogP contribution in [0.2, 0.25) is 0 Å². The van der Waals surface area contributed by atoms with E-state index in [0.29, 0.717) is 5.82 Å². The largest absolute Gasteiger partial charge is 0.493 e. The number of ether oxygens (including phenoxy) is 2. The van der Waals surface area contributed by atoms with Crippen molar-refractivity contribution < 1.29 is 19.1 Å². The third-order valence-corrected chi connectivity index (χ3v) is 6.05. The van der Waals surface area contributed by atoms with Crippen molar-refractivity contribution >= 4 is 11.9 Å². The summed E-state index contributed by atoms with van der Waals surface area (Å²) < 4.78 is 12.5. The lowest BCUT2D eigenvalue weighted by Crippen LogP contribution is -2.29. The third-order valence-electron chi connectivity index (χ3n) is 6.05. The Balaban J connectivity index is 1.63. The van der Waals surface area contributed by atoms with Gasteiger partial charge in [0.2, 0.25) is 5.75 Å². The first kappa shape index (κ1) is 26.5. The molecule has 1 amide bonds. The molecule has 196 valence electrons. The normalized spacial score (nSPS) is 11.9. The molecule has 0 aliphatic rings. The van der Waals surface area contributed by atoms with Gasteiger partial charge in [-0.25, -0.2) is 9.97 Å². The Kier molecular flexibility index (Phi) is 8.15. The molecule has 2 aromatic heterocycles. The van der Waals surface area contributed by atoms with Crippen LogP contribution in [0.1, 0.15) is 66.0 Å². The van der Waals surface area contributed by atoms with Crippen molar-refractivity contribution in [1.82, 2.24) is 25.1 Å². The molecule has 1 N–H and O–H groups in total. The van der Waals surface area contributed by atoms with Crippen molar-refractivity contribution in [2.24, 2.45) is 13.0 Å². The van der Waals surface area contributed by atoms with Gasteiger partial charge >= 0.3 is 5.97 Å². The maximum Gasteiger partial charge on any atom is 0.313 e. The van der Waals surface area contributed by atoms with Crippen LogP contribution < -0.4 is 14.8 Å². The number of pyridine rings is 1. The van der Waals surface area contributed by atoms with Gasteiger partial charge in [0.15, 0.2) is 17.3 Å². The van der Waals surface area contributed by atoms with Gasteiger partial charge in [-0.2, -0.15) is 5.10 Å². The first-order valence-corrected chi connectivity index (χ1v) is 12.4. The lowest BCUT2D eigenvalue weighted by atomic mass is 9.90. The Morgan fingerprint density at radius 2 is 1.53 bits per heavy atom. The second-order valence-electron chi connectivity index (χ2n) is 9.17. The van der Waals surface area contributed by atoms with E-state index in [2.05, 4.69) is 39.7 Å². The number of hydrogen-bond donors (Lipinski definition) is 1. The lowest BCUT2D eigenvalue weighted by Gasteiger charge is -2.17. The highest BCUT2D eigenvalue weighted by molar-refractivity contribution is 5.96. The Morgan fingerprint density at radius 1 is 0.921 bits per heavy atom. The number of aryl methyl sites for hydroxylation is 1. The highest BCUT2D eigenvalue weighted by Gasteiger charge is 2.27. The number of aromatic nitrogens is 4. The van der Waals surface area contributed by atoms with E-state index in [1.54, 1.807) is 25.5 Å². The van der Waals surface area contributed by atoms with E-state index in [1.807, 2.05) is 43.4 Å². The van der Waals surface area contributed by atoms with E-state index in [1.165, 1.54) is 19.4 Å². The highest BCUT2D eigenvalue weighted by atomic mass is 16.6. The molecular weight excluding hydrogens is 482 g/mol. The minimum atomic E-state index is -0.559. The maximum atomic E-state index is 13.3. The zero-order chi connectivity index (χ0) is 27.2. The van der Waals surface area contributed by atoms with E-state index in [0.717, 1.165) is 17.0 Å². The van der Waals surface area contributed by atoms with Gasteiger partial charge < -0.3 is 14.8 Å². The maximum absolute atomic E-state index is 13.3. The van der Waals surface area contributed by atoms with Gasteiger partial charge in [0.05, 0.1) is 25.0 Å². The second kappa shape index (κ2) is 11.7. The lowest BCUT2D eigenvalue weighted by molar-refractivity contribution is -0.137. The highest BCUT2D eigenvalue weighted by Crippen LogP contribution is 2.32. The van der Waals surface area contributed by atoms with Gasteiger partial charge in [-0.1, -0.05) is 74.5 Å². The van der Waals surface area contributed by atoms with Crippen molar-refractivity contribution in [3.63, 3.8) is 0 Å².